The molecule has 1 aromatic carbocycles. The first-order chi connectivity index (χ1) is 18.1. The van der Waals surface area contributed by atoms with Gasteiger partial charge in [0.05, 0.1) is 22.3 Å². The van der Waals surface area contributed by atoms with Crippen molar-refractivity contribution in [2.24, 2.45) is 17.3 Å². The highest BCUT2D eigenvalue weighted by atomic mass is 35.5. The number of nitrogens with one attached hydrogen (secondary N) is 4. The van der Waals surface area contributed by atoms with E-state index in [0.717, 1.165) is 17.9 Å². The van der Waals surface area contributed by atoms with E-state index in [4.69, 9.17) is 11.6 Å². The van der Waals surface area contributed by atoms with Crippen molar-refractivity contribution in [3.8, 4) is 0 Å². The first kappa shape index (κ1) is 26.6. The van der Waals surface area contributed by atoms with Gasteiger partial charge in [-0.1, -0.05) is 43.0 Å². The summed E-state index contributed by atoms with van der Waals surface area (Å²) in [4.78, 5) is 32.7. The number of rotatable bonds is 8. The van der Waals surface area contributed by atoms with Crippen LogP contribution in [-0.4, -0.2) is 34.5 Å². The molecule has 4 N–H and O–H groups in total. The van der Waals surface area contributed by atoms with Crippen molar-refractivity contribution in [3.05, 3.63) is 46.2 Å². The molecule has 1 aromatic heterocycles. The van der Waals surface area contributed by atoms with Crippen molar-refractivity contribution in [2.45, 2.75) is 64.1 Å². The number of carbonyl (C=O) groups is 2. The second-order valence-corrected chi connectivity index (χ2v) is 11.0. The molecule has 3 aliphatic carbocycles. The van der Waals surface area contributed by atoms with Crippen LogP contribution in [0, 0.1) is 17.3 Å². The van der Waals surface area contributed by atoms with Crippen molar-refractivity contribution in [3.63, 3.8) is 0 Å². The topological polar surface area (TPSA) is 98.9 Å². The fourth-order valence-electron chi connectivity index (χ4n) is 5.24. The highest BCUT2D eigenvalue weighted by Crippen LogP contribution is 2.57. The van der Waals surface area contributed by atoms with E-state index in [-0.39, 0.29) is 31.2 Å². The van der Waals surface area contributed by atoms with E-state index < -0.39 is 17.5 Å². The van der Waals surface area contributed by atoms with Gasteiger partial charge in [0.2, 0.25) is 17.8 Å². The number of imidazole rings is 1. The van der Waals surface area contributed by atoms with Crippen molar-refractivity contribution in [2.75, 3.05) is 11.9 Å². The average molecular weight is 550 g/mol. The maximum Gasteiger partial charge on any atom is 0.403 e. The third-order valence-electron chi connectivity index (χ3n) is 7.81. The Morgan fingerprint density at radius 2 is 1.89 bits per heavy atom. The second kappa shape index (κ2) is 10.6. The third kappa shape index (κ3) is 5.70. The number of hydrogen-bond acceptors (Lipinski definition) is 4. The van der Waals surface area contributed by atoms with E-state index in [1.165, 1.54) is 32.1 Å². The smallest absolute Gasteiger partial charge is 0.355 e. The van der Waals surface area contributed by atoms with Crippen LogP contribution in [0.3, 0.4) is 0 Å². The van der Waals surface area contributed by atoms with E-state index in [0.29, 0.717) is 34.6 Å². The molecule has 1 unspecified atom stereocenters. The number of hydrogen-bond donors (Lipinski definition) is 4. The van der Waals surface area contributed by atoms with Crippen LogP contribution in [0.2, 0.25) is 5.02 Å². The van der Waals surface area contributed by atoms with Gasteiger partial charge in [0.1, 0.15) is 5.41 Å². The molecule has 0 spiro atoms. The lowest BCUT2D eigenvalue weighted by Crippen LogP contribution is -2.40. The minimum Gasteiger partial charge on any atom is -0.355 e. The Kier molecular flexibility index (Phi) is 7.44. The molecule has 5 rings (SSSR count). The summed E-state index contributed by atoms with van der Waals surface area (Å²) in [5.41, 5.74) is 0.382. The molecule has 1 heterocycles. The van der Waals surface area contributed by atoms with Crippen LogP contribution in [-0.2, 0) is 22.6 Å². The SMILES string of the molecule is O=C(NCC1CCCCC1)C1C=Cc2nc(Nc3cc(CNC(=O)C4(C(F)(F)F)CC4)ccc3Cl)[nH]c2C1. The lowest BCUT2D eigenvalue weighted by molar-refractivity contribution is -0.192. The van der Waals surface area contributed by atoms with Crippen molar-refractivity contribution in [1.29, 1.82) is 0 Å². The Labute approximate surface area is 224 Å². The molecule has 0 radical (unpaired) electrons. The summed E-state index contributed by atoms with van der Waals surface area (Å²) in [5, 5.41) is 9.01. The molecular formula is C27H31ClF3N5O2. The number of H-pyrrole nitrogens is 1. The molecule has 2 fully saturated rings. The van der Waals surface area contributed by atoms with Gasteiger partial charge < -0.3 is 20.9 Å². The summed E-state index contributed by atoms with van der Waals surface area (Å²) in [6, 6.07) is 4.92. The lowest BCUT2D eigenvalue weighted by Gasteiger charge is -2.23. The van der Waals surface area contributed by atoms with Crippen molar-refractivity contribution >= 4 is 41.1 Å². The maximum atomic E-state index is 13.2. The van der Waals surface area contributed by atoms with Crippen LogP contribution in [0.25, 0.3) is 6.08 Å². The quantitative estimate of drug-likeness (QED) is 0.342. The predicted molar refractivity (Wildman–Crippen MR) is 139 cm³/mol. The monoisotopic (exact) mass is 549 g/mol. The van der Waals surface area contributed by atoms with Gasteiger partial charge in [-0.15, -0.1) is 0 Å². The number of carbonyl (C=O) groups excluding carboxylic acids is 2. The zero-order valence-corrected chi connectivity index (χ0v) is 21.6. The van der Waals surface area contributed by atoms with Gasteiger partial charge in [-0.3, -0.25) is 9.59 Å². The summed E-state index contributed by atoms with van der Waals surface area (Å²) < 4.78 is 39.6. The molecule has 0 bridgehead atoms. The Balaban J connectivity index is 1.18. The van der Waals surface area contributed by atoms with Gasteiger partial charge in [-0.2, -0.15) is 13.2 Å². The highest BCUT2D eigenvalue weighted by molar-refractivity contribution is 6.33. The molecule has 38 heavy (non-hydrogen) atoms. The average Bonchev–Trinajstić information content (AvgIpc) is 3.63. The summed E-state index contributed by atoms with van der Waals surface area (Å²) in [6.07, 6.45) is 5.37. The number of alkyl halides is 3. The zero-order chi connectivity index (χ0) is 26.9. The zero-order valence-electron chi connectivity index (χ0n) is 20.9. The predicted octanol–water partition coefficient (Wildman–Crippen LogP) is 5.65. The normalized spacial score (nSPS) is 20.5. The Bertz CT molecular complexity index is 1230. The van der Waals surface area contributed by atoms with Crippen LogP contribution in [0.4, 0.5) is 24.8 Å². The van der Waals surface area contributed by atoms with E-state index in [9.17, 15) is 22.8 Å². The summed E-state index contributed by atoms with van der Waals surface area (Å²) in [6.45, 7) is 0.663. The second-order valence-electron chi connectivity index (χ2n) is 10.6. The van der Waals surface area contributed by atoms with Crippen LogP contribution in [0.15, 0.2) is 24.3 Å². The summed E-state index contributed by atoms with van der Waals surface area (Å²) >= 11 is 6.33. The Morgan fingerprint density at radius 3 is 2.61 bits per heavy atom. The van der Waals surface area contributed by atoms with Crippen molar-refractivity contribution < 1.29 is 22.8 Å². The molecule has 1 atom stereocenters. The van der Waals surface area contributed by atoms with E-state index >= 15 is 0 Å². The number of aromatic amines is 1. The molecular weight excluding hydrogens is 519 g/mol. The fraction of sp³-hybridized carbons (Fsp3) is 0.519. The third-order valence-corrected chi connectivity index (χ3v) is 8.14. The molecule has 0 saturated heterocycles. The van der Waals surface area contributed by atoms with Crippen molar-refractivity contribution in [1.82, 2.24) is 20.6 Å². The molecule has 0 aliphatic heterocycles. The van der Waals surface area contributed by atoms with E-state index in [2.05, 4.69) is 25.9 Å². The number of benzene rings is 1. The molecule has 2 aromatic rings. The number of nitrogens with zero attached hydrogens (tertiary/aromatic N) is 1. The van der Waals surface area contributed by atoms with Crippen LogP contribution < -0.4 is 16.0 Å². The minimum absolute atomic E-state index is 0.0119. The Morgan fingerprint density at radius 1 is 1.13 bits per heavy atom. The first-order valence-corrected chi connectivity index (χ1v) is 13.5. The number of anilines is 2. The largest absolute Gasteiger partial charge is 0.403 e. The first-order valence-electron chi connectivity index (χ1n) is 13.1. The van der Waals surface area contributed by atoms with Gasteiger partial charge in [-0.05, 0) is 55.4 Å². The highest BCUT2D eigenvalue weighted by Gasteiger charge is 2.68. The van der Waals surface area contributed by atoms with Crippen LogP contribution in [0.5, 0.6) is 0 Å². The number of aromatic nitrogens is 2. The number of halogens is 4. The van der Waals surface area contributed by atoms with Crippen LogP contribution >= 0.6 is 11.6 Å². The maximum absolute atomic E-state index is 13.2. The molecule has 2 amide bonds. The summed E-state index contributed by atoms with van der Waals surface area (Å²) in [7, 11) is 0. The number of amides is 2. The van der Waals surface area contributed by atoms with Gasteiger partial charge >= 0.3 is 6.18 Å². The lowest BCUT2D eigenvalue weighted by atomic mass is 9.89. The van der Waals surface area contributed by atoms with Gasteiger partial charge in [0.25, 0.3) is 0 Å². The van der Waals surface area contributed by atoms with Crippen LogP contribution in [0.1, 0.15) is 61.9 Å². The molecule has 11 heteroatoms. The molecule has 204 valence electrons. The Hall–Kier alpha value is -3.01. The van der Waals surface area contributed by atoms with Gasteiger partial charge in [-0.25, -0.2) is 4.98 Å². The van der Waals surface area contributed by atoms with Gasteiger partial charge in [0, 0.05) is 25.2 Å². The minimum atomic E-state index is -4.55. The van der Waals surface area contributed by atoms with Gasteiger partial charge in [0.15, 0.2) is 0 Å². The standard InChI is InChI=1S/C27H31ClF3N5O2/c28-19-8-6-17(15-33-24(38)26(10-11-26)27(29,30)31)12-21(19)35-25-34-20-9-7-18(13-22(20)36-25)23(37)32-14-16-4-2-1-3-5-16/h6-9,12,16,18H,1-5,10-11,13-15H2,(H,32,37)(H,33,38)(H2,34,35,36). The fourth-order valence-corrected chi connectivity index (χ4v) is 5.40. The van der Waals surface area contributed by atoms with E-state index in [1.807, 2.05) is 12.2 Å². The summed E-state index contributed by atoms with van der Waals surface area (Å²) in [5.74, 6) is -0.274. The molecule has 7 nitrogen and oxygen atoms in total. The molecule has 2 saturated carbocycles. The molecule has 3 aliphatic rings. The van der Waals surface area contributed by atoms with E-state index in [1.54, 1.807) is 18.2 Å². The number of fused-ring (bicyclic) bond motifs is 1.